The Morgan fingerprint density at radius 1 is 1.29 bits per heavy atom. The van der Waals surface area contributed by atoms with E-state index in [0.29, 0.717) is 18.9 Å². The van der Waals surface area contributed by atoms with Crippen LogP contribution in [0.3, 0.4) is 0 Å². The first-order valence-electron chi connectivity index (χ1n) is 6.69. The van der Waals surface area contributed by atoms with Crippen LogP contribution in [0.4, 0.5) is 5.69 Å². The van der Waals surface area contributed by atoms with Crippen molar-refractivity contribution in [3.05, 3.63) is 41.9 Å². The predicted molar refractivity (Wildman–Crippen MR) is 77.3 cm³/mol. The molecule has 0 radical (unpaired) electrons. The normalized spacial score (nSPS) is 15.0. The molecule has 0 aliphatic carbocycles. The lowest BCUT2D eigenvalue weighted by Gasteiger charge is -2.19. The Hall–Kier alpha value is -2.50. The number of hydrogen-bond donors (Lipinski definition) is 2. The Labute approximate surface area is 123 Å². The number of rotatable bonds is 4. The van der Waals surface area contributed by atoms with Gasteiger partial charge in [0.15, 0.2) is 0 Å². The second-order valence-electron chi connectivity index (χ2n) is 4.70. The van der Waals surface area contributed by atoms with Crippen LogP contribution >= 0.6 is 0 Å². The molecule has 0 bridgehead atoms. The van der Waals surface area contributed by atoms with Gasteiger partial charge in [0.25, 0.3) is 5.91 Å². The third kappa shape index (κ3) is 4.24. The Morgan fingerprint density at radius 2 is 2.10 bits per heavy atom. The zero-order valence-electron chi connectivity index (χ0n) is 12.0. The summed E-state index contributed by atoms with van der Waals surface area (Å²) in [7, 11) is 0. The zero-order valence-corrected chi connectivity index (χ0v) is 12.0. The molecule has 0 aromatic heterocycles. The molecule has 1 aliphatic heterocycles. The van der Waals surface area contributed by atoms with E-state index in [9.17, 15) is 9.59 Å². The van der Waals surface area contributed by atoms with Crippen LogP contribution in [0.25, 0.3) is 0 Å². The van der Waals surface area contributed by atoms with Crippen molar-refractivity contribution in [3.63, 3.8) is 0 Å². The van der Waals surface area contributed by atoms with Gasteiger partial charge in [-0.25, -0.2) is 0 Å². The van der Waals surface area contributed by atoms with Crippen LogP contribution in [0.2, 0.25) is 0 Å². The Bertz CT molecular complexity index is 569. The fourth-order valence-electron chi connectivity index (χ4n) is 1.93. The first kappa shape index (κ1) is 14.9. The fraction of sp³-hybridized carbons (Fsp3) is 0.333. The summed E-state index contributed by atoms with van der Waals surface area (Å²) in [5.74, 6) is -0.292. The molecule has 2 amide bonds. The summed E-state index contributed by atoms with van der Waals surface area (Å²) in [6, 6.07) is 7.09. The molecule has 6 heteroatoms. The molecular weight excluding hydrogens is 272 g/mol. The number of carbonyl (C=O) groups excluding carboxylic acids is 2. The van der Waals surface area contributed by atoms with E-state index in [1.165, 1.54) is 13.2 Å². The van der Waals surface area contributed by atoms with Gasteiger partial charge >= 0.3 is 0 Å². The van der Waals surface area contributed by atoms with Crippen LogP contribution in [0, 0.1) is 0 Å². The van der Waals surface area contributed by atoms with Gasteiger partial charge in [-0.15, -0.1) is 0 Å². The molecule has 112 valence electrons. The van der Waals surface area contributed by atoms with Crippen molar-refractivity contribution in [2.75, 3.05) is 18.5 Å². The summed E-state index contributed by atoms with van der Waals surface area (Å²) in [5, 5.41) is 5.53. The maximum Gasteiger partial charge on any atom is 0.290 e. The van der Waals surface area contributed by atoms with Crippen molar-refractivity contribution < 1.29 is 19.1 Å². The standard InChI is InChI=1S/C15H18N2O4/c1-10(16-15(19)14-9-20-6-7-21-14)12-4-3-5-13(8-12)17-11(2)18/h3-5,8-10H,6-7H2,1-2H3,(H,16,19)(H,17,18). The van der Waals surface area contributed by atoms with Gasteiger partial charge in [-0.05, 0) is 24.6 Å². The van der Waals surface area contributed by atoms with Crippen molar-refractivity contribution in [2.24, 2.45) is 0 Å². The van der Waals surface area contributed by atoms with Gasteiger partial charge in [0, 0.05) is 12.6 Å². The second-order valence-corrected chi connectivity index (χ2v) is 4.70. The highest BCUT2D eigenvalue weighted by molar-refractivity contribution is 5.91. The van der Waals surface area contributed by atoms with Crippen LogP contribution < -0.4 is 10.6 Å². The molecule has 0 saturated carbocycles. The van der Waals surface area contributed by atoms with E-state index in [1.54, 1.807) is 6.07 Å². The summed E-state index contributed by atoms with van der Waals surface area (Å²) in [6.45, 7) is 4.12. The lowest BCUT2D eigenvalue weighted by Crippen LogP contribution is -2.30. The highest BCUT2D eigenvalue weighted by Gasteiger charge is 2.18. The average Bonchev–Trinajstić information content (AvgIpc) is 2.47. The van der Waals surface area contributed by atoms with Crippen LogP contribution in [0.15, 0.2) is 36.3 Å². The van der Waals surface area contributed by atoms with Crippen LogP contribution in [-0.4, -0.2) is 25.0 Å². The zero-order chi connectivity index (χ0) is 15.2. The van der Waals surface area contributed by atoms with E-state index in [1.807, 2.05) is 25.1 Å². The molecule has 1 aromatic carbocycles. The Morgan fingerprint density at radius 3 is 2.76 bits per heavy atom. The maximum absolute atomic E-state index is 12.0. The minimum atomic E-state index is -0.327. The number of hydrogen-bond acceptors (Lipinski definition) is 4. The molecule has 0 spiro atoms. The molecule has 1 aromatic rings. The molecule has 0 saturated heterocycles. The van der Waals surface area contributed by atoms with Crippen molar-refractivity contribution in [3.8, 4) is 0 Å². The molecular formula is C15H18N2O4. The quantitative estimate of drug-likeness (QED) is 0.885. The second kappa shape index (κ2) is 6.78. The van der Waals surface area contributed by atoms with Crippen molar-refractivity contribution in [1.29, 1.82) is 0 Å². The molecule has 1 aliphatic rings. The average molecular weight is 290 g/mol. The monoisotopic (exact) mass is 290 g/mol. The minimum absolute atomic E-state index is 0.137. The van der Waals surface area contributed by atoms with E-state index in [-0.39, 0.29) is 23.6 Å². The molecule has 21 heavy (non-hydrogen) atoms. The minimum Gasteiger partial charge on any atom is -0.494 e. The van der Waals surface area contributed by atoms with E-state index >= 15 is 0 Å². The van der Waals surface area contributed by atoms with Crippen LogP contribution in [0.5, 0.6) is 0 Å². The summed E-state index contributed by atoms with van der Waals surface area (Å²) in [6.07, 6.45) is 1.32. The third-order valence-corrected chi connectivity index (χ3v) is 2.93. The molecule has 1 unspecified atom stereocenters. The van der Waals surface area contributed by atoms with E-state index in [2.05, 4.69) is 10.6 Å². The third-order valence-electron chi connectivity index (χ3n) is 2.93. The smallest absolute Gasteiger partial charge is 0.290 e. The lowest BCUT2D eigenvalue weighted by atomic mass is 10.1. The summed E-state index contributed by atoms with van der Waals surface area (Å²) < 4.78 is 10.3. The topological polar surface area (TPSA) is 76.7 Å². The highest BCUT2D eigenvalue weighted by Crippen LogP contribution is 2.18. The van der Waals surface area contributed by atoms with E-state index in [4.69, 9.17) is 9.47 Å². The number of nitrogens with one attached hydrogen (secondary N) is 2. The van der Waals surface area contributed by atoms with E-state index < -0.39 is 0 Å². The van der Waals surface area contributed by atoms with Crippen molar-refractivity contribution in [1.82, 2.24) is 5.32 Å². The number of carbonyl (C=O) groups is 2. The molecule has 2 rings (SSSR count). The number of anilines is 1. The summed E-state index contributed by atoms with van der Waals surface area (Å²) >= 11 is 0. The largest absolute Gasteiger partial charge is 0.494 e. The summed E-state index contributed by atoms with van der Waals surface area (Å²) in [5.41, 5.74) is 1.57. The van der Waals surface area contributed by atoms with Crippen LogP contribution in [0.1, 0.15) is 25.5 Å². The molecule has 2 N–H and O–H groups in total. The van der Waals surface area contributed by atoms with Crippen LogP contribution in [-0.2, 0) is 19.1 Å². The van der Waals surface area contributed by atoms with Gasteiger partial charge < -0.3 is 20.1 Å². The number of benzene rings is 1. The van der Waals surface area contributed by atoms with Gasteiger partial charge in [-0.1, -0.05) is 12.1 Å². The first-order valence-corrected chi connectivity index (χ1v) is 6.69. The lowest BCUT2D eigenvalue weighted by molar-refractivity contribution is -0.123. The van der Waals surface area contributed by atoms with Gasteiger partial charge in [0.2, 0.25) is 11.7 Å². The Kier molecular flexibility index (Phi) is 4.81. The molecule has 6 nitrogen and oxygen atoms in total. The predicted octanol–water partition coefficient (Wildman–Crippen LogP) is 1.71. The number of amides is 2. The van der Waals surface area contributed by atoms with Gasteiger partial charge in [0.05, 0.1) is 6.04 Å². The molecule has 1 atom stereocenters. The maximum atomic E-state index is 12.0. The van der Waals surface area contributed by atoms with E-state index in [0.717, 1.165) is 5.56 Å². The van der Waals surface area contributed by atoms with Gasteiger partial charge in [-0.3, -0.25) is 9.59 Å². The SMILES string of the molecule is CC(=O)Nc1cccc(C(C)NC(=O)C2=COCCO2)c1. The van der Waals surface area contributed by atoms with Gasteiger partial charge in [0.1, 0.15) is 19.5 Å². The molecule has 1 heterocycles. The highest BCUT2D eigenvalue weighted by atomic mass is 16.6. The first-order chi connectivity index (χ1) is 10.1. The van der Waals surface area contributed by atoms with Crippen molar-refractivity contribution in [2.45, 2.75) is 19.9 Å². The van der Waals surface area contributed by atoms with Gasteiger partial charge in [-0.2, -0.15) is 0 Å². The Balaban J connectivity index is 2.02. The fourth-order valence-corrected chi connectivity index (χ4v) is 1.93. The molecule has 0 fully saturated rings. The number of ether oxygens (including phenoxy) is 2. The van der Waals surface area contributed by atoms with Crippen molar-refractivity contribution >= 4 is 17.5 Å². The summed E-state index contributed by atoms with van der Waals surface area (Å²) in [4.78, 5) is 23.1.